The van der Waals surface area contributed by atoms with E-state index in [0.29, 0.717) is 0 Å². The molecule has 1 aromatic heterocycles. The first-order chi connectivity index (χ1) is 8.68. The number of rotatable bonds is 3. The largest absolute Gasteiger partial charge is 0.393 e. The number of nitrogens with zero attached hydrogens (tertiary/aromatic N) is 2. The third kappa shape index (κ3) is 3.16. The summed E-state index contributed by atoms with van der Waals surface area (Å²) in [6, 6.07) is 4.10. The van der Waals surface area contributed by atoms with Crippen molar-refractivity contribution in [3.63, 3.8) is 0 Å². The Morgan fingerprint density at radius 2 is 1.94 bits per heavy atom. The van der Waals surface area contributed by atoms with Crippen LogP contribution in [0.4, 0.5) is 0 Å². The molecule has 0 aliphatic heterocycles. The van der Waals surface area contributed by atoms with Crippen molar-refractivity contribution in [2.45, 2.75) is 51.7 Å². The summed E-state index contributed by atoms with van der Waals surface area (Å²) in [5.74, 6) is 0.246. The Bertz CT molecular complexity index is 398. The van der Waals surface area contributed by atoms with E-state index in [4.69, 9.17) is 4.99 Å². The number of hydrogen-bond donors (Lipinski definition) is 1. The highest BCUT2D eigenvalue weighted by molar-refractivity contribution is 5.79. The van der Waals surface area contributed by atoms with Gasteiger partial charge in [0.15, 0.2) is 0 Å². The first-order valence-electron chi connectivity index (χ1n) is 6.77. The minimum atomic E-state index is -0.222. The Labute approximate surface area is 109 Å². The standard InChI is InChI=1S/C15H22N2O/c1-11(2)17-15(12-7-9-16-10-8-12)13-5-3-4-6-14(13)18/h7-10,13-15,18H,3-6H2,1-2H3. The second-order valence-electron chi connectivity index (χ2n) is 5.32. The third-order valence-electron chi connectivity index (χ3n) is 3.63. The maximum atomic E-state index is 10.2. The molecule has 0 bridgehead atoms. The molecule has 1 aromatic rings. The zero-order valence-corrected chi connectivity index (χ0v) is 11.2. The smallest absolute Gasteiger partial charge is 0.0802 e. The fraction of sp³-hybridized carbons (Fsp3) is 0.600. The van der Waals surface area contributed by atoms with E-state index >= 15 is 0 Å². The molecule has 1 aliphatic rings. The normalized spacial score (nSPS) is 25.5. The van der Waals surface area contributed by atoms with Crippen LogP contribution in [0.5, 0.6) is 0 Å². The van der Waals surface area contributed by atoms with Gasteiger partial charge in [0.1, 0.15) is 0 Å². The molecule has 3 unspecified atom stereocenters. The minimum Gasteiger partial charge on any atom is -0.393 e. The fourth-order valence-corrected chi connectivity index (χ4v) is 2.76. The van der Waals surface area contributed by atoms with E-state index in [1.54, 1.807) is 12.4 Å². The van der Waals surface area contributed by atoms with Gasteiger partial charge in [-0.2, -0.15) is 0 Å². The predicted molar refractivity (Wildman–Crippen MR) is 73.7 cm³/mol. The van der Waals surface area contributed by atoms with E-state index in [1.165, 1.54) is 6.42 Å². The minimum absolute atomic E-state index is 0.0771. The molecule has 0 amide bonds. The van der Waals surface area contributed by atoms with Crippen molar-refractivity contribution in [1.82, 2.24) is 4.98 Å². The molecule has 1 N–H and O–H groups in total. The summed E-state index contributed by atoms with van der Waals surface area (Å²) < 4.78 is 0. The average molecular weight is 246 g/mol. The highest BCUT2D eigenvalue weighted by atomic mass is 16.3. The molecular formula is C15H22N2O. The second kappa shape index (κ2) is 6.10. The number of hydrogen-bond acceptors (Lipinski definition) is 3. The van der Waals surface area contributed by atoms with Gasteiger partial charge in [-0.1, -0.05) is 12.8 Å². The molecule has 3 atom stereocenters. The third-order valence-corrected chi connectivity index (χ3v) is 3.63. The molecule has 0 spiro atoms. The Balaban J connectivity index is 2.28. The van der Waals surface area contributed by atoms with Crippen LogP contribution >= 0.6 is 0 Å². The molecule has 1 aliphatic carbocycles. The molecule has 0 saturated heterocycles. The molecule has 1 heterocycles. The van der Waals surface area contributed by atoms with Gasteiger partial charge in [-0.3, -0.25) is 9.98 Å². The highest BCUT2D eigenvalue weighted by Crippen LogP contribution is 2.37. The van der Waals surface area contributed by atoms with Gasteiger partial charge < -0.3 is 5.11 Å². The van der Waals surface area contributed by atoms with Gasteiger partial charge in [-0.25, -0.2) is 0 Å². The maximum Gasteiger partial charge on any atom is 0.0802 e. The Kier molecular flexibility index (Phi) is 4.48. The summed E-state index contributed by atoms with van der Waals surface area (Å²) >= 11 is 0. The lowest BCUT2D eigenvalue weighted by atomic mass is 9.79. The maximum absolute atomic E-state index is 10.2. The number of aliphatic hydroxyl groups is 1. The van der Waals surface area contributed by atoms with Crippen LogP contribution in [-0.4, -0.2) is 21.9 Å². The molecule has 3 heteroatoms. The van der Waals surface area contributed by atoms with Crippen LogP contribution in [0.3, 0.4) is 0 Å². The predicted octanol–water partition coefficient (Wildman–Crippen LogP) is 3.15. The van der Waals surface area contributed by atoms with Gasteiger partial charge in [-0.05, 0) is 44.4 Å². The Morgan fingerprint density at radius 3 is 2.56 bits per heavy atom. The van der Waals surface area contributed by atoms with Gasteiger partial charge in [0.2, 0.25) is 0 Å². The van der Waals surface area contributed by atoms with Crippen molar-refractivity contribution in [3.8, 4) is 0 Å². The van der Waals surface area contributed by atoms with Gasteiger partial charge in [0, 0.05) is 24.0 Å². The lowest BCUT2D eigenvalue weighted by molar-refractivity contribution is 0.0562. The molecule has 2 rings (SSSR count). The van der Waals surface area contributed by atoms with Gasteiger partial charge >= 0.3 is 0 Å². The van der Waals surface area contributed by atoms with Crippen LogP contribution in [0, 0.1) is 5.92 Å². The summed E-state index contributed by atoms with van der Waals surface area (Å²) in [5, 5.41) is 10.2. The number of pyridine rings is 1. The van der Waals surface area contributed by atoms with E-state index in [1.807, 2.05) is 26.0 Å². The molecular weight excluding hydrogens is 224 g/mol. The first-order valence-corrected chi connectivity index (χ1v) is 6.77. The average Bonchev–Trinajstić information content (AvgIpc) is 2.38. The van der Waals surface area contributed by atoms with Gasteiger partial charge in [0.05, 0.1) is 12.1 Å². The van der Waals surface area contributed by atoms with E-state index in [9.17, 15) is 5.11 Å². The van der Waals surface area contributed by atoms with Crippen LogP contribution in [0.2, 0.25) is 0 Å². The Morgan fingerprint density at radius 1 is 1.28 bits per heavy atom. The summed E-state index contributed by atoms with van der Waals surface area (Å²) in [6.45, 7) is 4.03. The van der Waals surface area contributed by atoms with Crippen molar-refractivity contribution in [3.05, 3.63) is 30.1 Å². The molecule has 18 heavy (non-hydrogen) atoms. The van der Waals surface area contributed by atoms with Crippen LogP contribution < -0.4 is 0 Å². The van der Waals surface area contributed by atoms with E-state index in [-0.39, 0.29) is 18.1 Å². The van der Waals surface area contributed by atoms with Crippen LogP contribution in [0.15, 0.2) is 29.5 Å². The fourth-order valence-electron chi connectivity index (χ4n) is 2.76. The van der Waals surface area contributed by atoms with Crippen LogP contribution in [-0.2, 0) is 0 Å². The number of aliphatic hydroxyl groups excluding tert-OH is 1. The molecule has 3 nitrogen and oxygen atoms in total. The zero-order valence-electron chi connectivity index (χ0n) is 11.2. The molecule has 98 valence electrons. The monoisotopic (exact) mass is 246 g/mol. The van der Waals surface area contributed by atoms with Crippen molar-refractivity contribution in [2.24, 2.45) is 10.9 Å². The van der Waals surface area contributed by atoms with E-state index in [2.05, 4.69) is 4.98 Å². The zero-order chi connectivity index (χ0) is 13.0. The van der Waals surface area contributed by atoms with Gasteiger partial charge in [0.25, 0.3) is 0 Å². The second-order valence-corrected chi connectivity index (χ2v) is 5.32. The summed E-state index contributed by atoms with van der Waals surface area (Å²) in [4.78, 5) is 8.81. The lowest BCUT2D eigenvalue weighted by Gasteiger charge is -2.32. The molecule has 0 aromatic carbocycles. The van der Waals surface area contributed by atoms with Gasteiger partial charge in [-0.15, -0.1) is 0 Å². The summed E-state index contributed by atoms with van der Waals surface area (Å²) in [7, 11) is 0. The Hall–Kier alpha value is -1.22. The molecule has 1 saturated carbocycles. The summed E-state index contributed by atoms with van der Waals surface area (Å²) in [5.41, 5.74) is 2.23. The highest BCUT2D eigenvalue weighted by Gasteiger charge is 2.31. The van der Waals surface area contributed by atoms with Crippen LogP contribution in [0.25, 0.3) is 0 Å². The molecule has 0 radical (unpaired) electrons. The SMILES string of the molecule is CC(C)=NC(c1ccncc1)C1CCCCC1O. The van der Waals surface area contributed by atoms with Crippen molar-refractivity contribution >= 4 is 5.71 Å². The summed E-state index contributed by atoms with van der Waals surface area (Å²) in [6.07, 6.45) is 7.68. The molecule has 1 fully saturated rings. The number of aromatic nitrogens is 1. The first kappa shape index (κ1) is 13.2. The van der Waals surface area contributed by atoms with Crippen LogP contribution in [0.1, 0.15) is 51.1 Å². The lowest BCUT2D eigenvalue weighted by Crippen LogP contribution is -2.29. The van der Waals surface area contributed by atoms with Crippen molar-refractivity contribution in [2.75, 3.05) is 0 Å². The van der Waals surface area contributed by atoms with Crippen molar-refractivity contribution in [1.29, 1.82) is 0 Å². The van der Waals surface area contributed by atoms with E-state index in [0.717, 1.165) is 30.5 Å². The van der Waals surface area contributed by atoms with E-state index < -0.39 is 0 Å². The topological polar surface area (TPSA) is 45.5 Å². The quantitative estimate of drug-likeness (QED) is 0.833. The number of aliphatic imine (C=N–C) groups is 1. The van der Waals surface area contributed by atoms with Crippen molar-refractivity contribution < 1.29 is 5.11 Å².